The molecule has 7 heteroatoms. The summed E-state index contributed by atoms with van der Waals surface area (Å²) in [5.41, 5.74) is 0.0902. The highest BCUT2D eigenvalue weighted by molar-refractivity contribution is 5.88. The van der Waals surface area contributed by atoms with Gasteiger partial charge in [-0.25, -0.2) is 0 Å². The van der Waals surface area contributed by atoms with Crippen molar-refractivity contribution >= 4 is 11.6 Å². The number of alkyl halides is 3. The summed E-state index contributed by atoms with van der Waals surface area (Å²) in [4.78, 5) is 11.0. The molecule has 0 spiro atoms. The van der Waals surface area contributed by atoms with Crippen molar-refractivity contribution in [2.75, 3.05) is 11.9 Å². The number of anilines is 1. The Morgan fingerprint density at radius 3 is 2.46 bits per heavy atom. The van der Waals surface area contributed by atoms with Gasteiger partial charge in [-0.2, -0.15) is 13.2 Å². The third kappa shape index (κ3) is 4.99. The van der Waals surface area contributed by atoms with Gasteiger partial charge in [-0.15, -0.1) is 0 Å². The summed E-state index contributed by atoms with van der Waals surface area (Å²) in [5.74, 6) is 0.198. The third-order valence-electron chi connectivity index (χ3n) is 3.19. The largest absolute Gasteiger partial charge is 0.490 e. The Bertz CT molecular complexity index is 699. The molecule has 2 aromatic rings. The van der Waals surface area contributed by atoms with Gasteiger partial charge >= 0.3 is 6.18 Å². The fourth-order valence-electron chi connectivity index (χ4n) is 2.03. The smallest absolute Gasteiger partial charge is 0.416 e. The Kier molecular flexibility index (Phi) is 5.46. The van der Waals surface area contributed by atoms with Gasteiger partial charge in [-0.1, -0.05) is 18.2 Å². The lowest BCUT2D eigenvalue weighted by atomic mass is 10.1. The highest BCUT2D eigenvalue weighted by atomic mass is 19.4. The second-order valence-corrected chi connectivity index (χ2v) is 5.16. The van der Waals surface area contributed by atoms with Crippen LogP contribution in [0.25, 0.3) is 0 Å². The van der Waals surface area contributed by atoms with Crippen molar-refractivity contribution in [3.8, 4) is 5.75 Å². The molecule has 0 fully saturated rings. The van der Waals surface area contributed by atoms with E-state index in [4.69, 9.17) is 4.74 Å². The predicted octanol–water partition coefficient (Wildman–Crippen LogP) is 3.78. The Morgan fingerprint density at radius 2 is 1.88 bits per heavy atom. The van der Waals surface area contributed by atoms with Gasteiger partial charge in [0, 0.05) is 18.7 Å². The molecule has 2 N–H and O–H groups in total. The van der Waals surface area contributed by atoms with E-state index in [2.05, 4.69) is 5.32 Å². The number of amides is 1. The number of carbonyl (C=O) groups is 1. The first kappa shape index (κ1) is 17.8. The maximum Gasteiger partial charge on any atom is 0.416 e. The number of aliphatic hydroxyl groups is 1. The molecule has 0 aromatic heterocycles. The first-order chi connectivity index (χ1) is 11.3. The van der Waals surface area contributed by atoms with E-state index in [0.717, 1.165) is 12.1 Å². The third-order valence-corrected chi connectivity index (χ3v) is 3.19. The number of ether oxygens (including phenoxy) is 1. The molecular weight excluding hydrogens is 323 g/mol. The number of rotatable bonds is 5. The zero-order valence-electron chi connectivity index (χ0n) is 12.8. The molecule has 0 saturated carbocycles. The molecule has 0 aliphatic heterocycles. The fraction of sp³-hybridized carbons (Fsp3) is 0.235. The molecule has 1 unspecified atom stereocenters. The summed E-state index contributed by atoms with van der Waals surface area (Å²) in [7, 11) is 0. The maximum atomic E-state index is 12.5. The minimum Gasteiger partial charge on any atom is -0.490 e. The number of carbonyl (C=O) groups excluding carboxylic acids is 1. The lowest BCUT2D eigenvalue weighted by Crippen LogP contribution is -2.11. The van der Waals surface area contributed by atoms with E-state index in [9.17, 15) is 23.1 Å². The first-order valence-corrected chi connectivity index (χ1v) is 7.11. The summed E-state index contributed by atoms with van der Waals surface area (Å²) >= 11 is 0. The van der Waals surface area contributed by atoms with Crippen LogP contribution in [0.3, 0.4) is 0 Å². The van der Waals surface area contributed by atoms with Crippen LogP contribution in [0, 0.1) is 0 Å². The monoisotopic (exact) mass is 339 g/mol. The second-order valence-electron chi connectivity index (χ2n) is 5.16. The summed E-state index contributed by atoms with van der Waals surface area (Å²) in [6.07, 6.45) is -5.49. The molecule has 2 rings (SSSR count). The van der Waals surface area contributed by atoms with Crippen molar-refractivity contribution < 1.29 is 27.8 Å². The molecule has 0 heterocycles. The van der Waals surface area contributed by atoms with Crippen molar-refractivity contribution in [2.45, 2.75) is 19.2 Å². The molecule has 2 aromatic carbocycles. The topological polar surface area (TPSA) is 58.6 Å². The second kappa shape index (κ2) is 7.35. The highest BCUT2D eigenvalue weighted by Gasteiger charge is 2.30. The van der Waals surface area contributed by atoms with Crippen LogP contribution in [0.1, 0.15) is 24.2 Å². The molecule has 0 bridgehead atoms. The maximum absolute atomic E-state index is 12.5. The molecule has 128 valence electrons. The lowest BCUT2D eigenvalue weighted by Gasteiger charge is -2.14. The molecule has 1 amide bonds. The van der Waals surface area contributed by atoms with Crippen molar-refractivity contribution in [2.24, 2.45) is 0 Å². The number of benzene rings is 2. The van der Waals surface area contributed by atoms with Gasteiger partial charge in [0.2, 0.25) is 5.91 Å². The number of hydrogen-bond acceptors (Lipinski definition) is 3. The Labute approximate surface area is 136 Å². The molecule has 4 nitrogen and oxygen atoms in total. The van der Waals surface area contributed by atoms with E-state index in [1.807, 2.05) is 0 Å². The van der Waals surface area contributed by atoms with Crippen LogP contribution in [0.4, 0.5) is 18.9 Å². The quantitative estimate of drug-likeness (QED) is 0.872. The summed E-state index contributed by atoms with van der Waals surface area (Å²) in [6, 6.07) is 10.8. The standard InChI is InChI=1S/C17H16F3NO3/c1-11(22)21-14-3-2-4-15(9-14)24-10-16(23)12-5-7-13(8-6-12)17(18,19)20/h2-9,16,23H,10H2,1H3,(H,21,22). The van der Waals surface area contributed by atoms with Crippen LogP contribution < -0.4 is 10.1 Å². The molecular formula is C17H16F3NO3. The Balaban J connectivity index is 1.98. The van der Waals surface area contributed by atoms with Gasteiger partial charge in [-0.3, -0.25) is 4.79 Å². The van der Waals surface area contributed by atoms with E-state index in [1.54, 1.807) is 24.3 Å². The van der Waals surface area contributed by atoms with Gasteiger partial charge in [0.15, 0.2) is 0 Å². The van der Waals surface area contributed by atoms with Gasteiger partial charge in [0.25, 0.3) is 0 Å². The average molecular weight is 339 g/mol. The van der Waals surface area contributed by atoms with Crippen LogP contribution in [-0.4, -0.2) is 17.6 Å². The van der Waals surface area contributed by atoms with Gasteiger partial charge < -0.3 is 15.2 Å². The zero-order valence-corrected chi connectivity index (χ0v) is 12.8. The van der Waals surface area contributed by atoms with Crippen LogP contribution >= 0.6 is 0 Å². The minimum absolute atomic E-state index is 0.130. The molecule has 0 aliphatic rings. The van der Waals surface area contributed by atoms with Gasteiger partial charge in [-0.05, 0) is 29.8 Å². The van der Waals surface area contributed by atoms with Gasteiger partial charge in [0.05, 0.1) is 5.56 Å². The Morgan fingerprint density at radius 1 is 1.21 bits per heavy atom. The van der Waals surface area contributed by atoms with Crippen molar-refractivity contribution in [3.05, 3.63) is 59.7 Å². The zero-order chi connectivity index (χ0) is 17.7. The van der Waals surface area contributed by atoms with Gasteiger partial charge in [0.1, 0.15) is 18.5 Å². The minimum atomic E-state index is -4.41. The van der Waals surface area contributed by atoms with Crippen LogP contribution in [0.2, 0.25) is 0 Å². The van der Waals surface area contributed by atoms with E-state index < -0.39 is 17.8 Å². The molecule has 0 saturated heterocycles. The highest BCUT2D eigenvalue weighted by Crippen LogP contribution is 2.30. The van der Waals surface area contributed by atoms with Crippen molar-refractivity contribution in [1.82, 2.24) is 0 Å². The van der Waals surface area contributed by atoms with E-state index in [0.29, 0.717) is 17.0 Å². The van der Waals surface area contributed by atoms with E-state index >= 15 is 0 Å². The molecule has 0 aliphatic carbocycles. The van der Waals surface area contributed by atoms with Crippen LogP contribution in [-0.2, 0) is 11.0 Å². The van der Waals surface area contributed by atoms with Crippen molar-refractivity contribution in [3.63, 3.8) is 0 Å². The number of hydrogen-bond donors (Lipinski definition) is 2. The number of halogens is 3. The average Bonchev–Trinajstić information content (AvgIpc) is 2.51. The number of nitrogens with one attached hydrogen (secondary N) is 1. The van der Waals surface area contributed by atoms with Crippen molar-refractivity contribution in [1.29, 1.82) is 0 Å². The summed E-state index contributed by atoms with van der Waals surface area (Å²) in [5, 5.41) is 12.6. The van der Waals surface area contributed by atoms with E-state index in [-0.39, 0.29) is 12.5 Å². The molecule has 24 heavy (non-hydrogen) atoms. The van der Waals surface area contributed by atoms with Crippen LogP contribution in [0.5, 0.6) is 5.75 Å². The molecule has 0 radical (unpaired) electrons. The summed E-state index contributed by atoms with van der Waals surface area (Å²) in [6.45, 7) is 1.25. The predicted molar refractivity (Wildman–Crippen MR) is 82.6 cm³/mol. The van der Waals surface area contributed by atoms with Crippen LogP contribution in [0.15, 0.2) is 48.5 Å². The van der Waals surface area contributed by atoms with E-state index in [1.165, 1.54) is 19.1 Å². The lowest BCUT2D eigenvalue weighted by molar-refractivity contribution is -0.137. The first-order valence-electron chi connectivity index (χ1n) is 7.11. The molecule has 1 atom stereocenters. The normalized spacial score (nSPS) is 12.5. The number of aliphatic hydroxyl groups excluding tert-OH is 1. The SMILES string of the molecule is CC(=O)Nc1cccc(OCC(O)c2ccc(C(F)(F)F)cc2)c1. The summed E-state index contributed by atoms with van der Waals surface area (Å²) < 4.78 is 42.9. The fourth-order valence-corrected chi connectivity index (χ4v) is 2.03. The Hall–Kier alpha value is -2.54.